The van der Waals surface area contributed by atoms with Crippen LogP contribution >= 0.6 is 0 Å². The van der Waals surface area contributed by atoms with E-state index in [1.54, 1.807) is 0 Å². The monoisotopic (exact) mass is 690 g/mol. The Morgan fingerprint density at radius 1 is 0.389 bits per heavy atom. The van der Waals surface area contributed by atoms with Crippen LogP contribution in [0.4, 0.5) is 0 Å². The summed E-state index contributed by atoms with van der Waals surface area (Å²) < 4.78 is 4.84. The van der Waals surface area contributed by atoms with E-state index in [0.717, 1.165) is 12.8 Å². The number of para-hydroxylation sites is 3. The number of allylic oxidation sites excluding steroid dienone is 1. The smallest absolute Gasteiger partial charge is 0.0541 e. The zero-order valence-electron chi connectivity index (χ0n) is 30.5. The molecule has 2 aromatic heterocycles. The van der Waals surface area contributed by atoms with Gasteiger partial charge in [-0.1, -0.05) is 115 Å². The van der Waals surface area contributed by atoms with Gasteiger partial charge in [0, 0.05) is 38.8 Å². The van der Waals surface area contributed by atoms with Gasteiger partial charge >= 0.3 is 0 Å². The van der Waals surface area contributed by atoms with Crippen molar-refractivity contribution in [3.8, 4) is 33.6 Å². The van der Waals surface area contributed by atoms with Gasteiger partial charge in [0.2, 0.25) is 0 Å². The van der Waals surface area contributed by atoms with Gasteiger partial charge in [-0.2, -0.15) is 0 Å². The first-order valence-electron chi connectivity index (χ1n) is 19.1. The number of hydrogen-bond donors (Lipinski definition) is 0. The summed E-state index contributed by atoms with van der Waals surface area (Å²) in [5.74, 6) is 0. The Morgan fingerprint density at radius 2 is 0.833 bits per heavy atom. The second kappa shape index (κ2) is 11.9. The molecule has 0 spiro atoms. The number of rotatable bonds is 4. The van der Waals surface area contributed by atoms with Crippen LogP contribution in [-0.4, -0.2) is 9.13 Å². The lowest BCUT2D eigenvalue weighted by atomic mass is 9.89. The van der Waals surface area contributed by atoms with Crippen molar-refractivity contribution in [2.75, 3.05) is 0 Å². The highest BCUT2D eigenvalue weighted by Gasteiger charge is 2.19. The maximum atomic E-state index is 2.46. The lowest BCUT2D eigenvalue weighted by Gasteiger charge is -2.16. The lowest BCUT2D eigenvalue weighted by Crippen LogP contribution is -2.02. The Labute approximate surface area is 314 Å². The van der Waals surface area contributed by atoms with Gasteiger partial charge in [0.15, 0.2) is 0 Å². The van der Waals surface area contributed by atoms with Crippen LogP contribution in [-0.2, 0) is 6.42 Å². The van der Waals surface area contributed by atoms with Crippen molar-refractivity contribution in [1.29, 1.82) is 0 Å². The predicted molar refractivity (Wildman–Crippen MR) is 230 cm³/mol. The van der Waals surface area contributed by atoms with E-state index in [-0.39, 0.29) is 0 Å². The Hall–Kier alpha value is -6.64. The van der Waals surface area contributed by atoms with E-state index in [2.05, 4.69) is 193 Å². The first-order valence-corrected chi connectivity index (χ1v) is 19.1. The molecule has 11 rings (SSSR count). The predicted octanol–water partition coefficient (Wildman–Crippen LogP) is 13.9. The summed E-state index contributed by atoms with van der Waals surface area (Å²) in [5, 5.41) is 9.18. The molecular weight excluding hydrogens is 653 g/mol. The Morgan fingerprint density at radius 3 is 1.37 bits per heavy atom. The molecule has 0 saturated heterocycles. The molecular formula is C52H38N2. The maximum Gasteiger partial charge on any atom is 0.0541 e. The molecule has 2 nitrogen and oxygen atoms in total. The van der Waals surface area contributed by atoms with Crippen LogP contribution in [0.25, 0.3) is 94.0 Å². The van der Waals surface area contributed by atoms with Gasteiger partial charge in [-0.05, 0) is 136 Å². The maximum absolute atomic E-state index is 2.46. The standard InChI is InChI=1S/C52H38N2/c1-33-41-29-23-38(36-21-27-40(28-22-36)54-51-17-9-5-13-45(51)46-14-6-10-18-52(46)54)32-48(41)34(2)42-30-24-37(31-47(33)42)35-19-25-39(26-20-35)53-49-15-7-3-11-43(49)44-12-4-8-16-50(44)53/h3-9,11-17,19-32H,10,18H2,1-2H3. The lowest BCUT2D eigenvalue weighted by molar-refractivity contribution is 0.888. The fourth-order valence-corrected chi connectivity index (χ4v) is 9.29. The van der Waals surface area contributed by atoms with Gasteiger partial charge in [0.05, 0.1) is 16.6 Å². The van der Waals surface area contributed by atoms with Gasteiger partial charge in [-0.25, -0.2) is 0 Å². The normalized spacial score (nSPS) is 12.8. The molecule has 1 aliphatic carbocycles. The van der Waals surface area contributed by atoms with Crippen molar-refractivity contribution in [2.45, 2.75) is 26.7 Å². The molecule has 0 unspecified atom stereocenters. The summed E-state index contributed by atoms with van der Waals surface area (Å²) in [6.45, 7) is 4.57. The Bertz CT molecular complexity index is 3100. The van der Waals surface area contributed by atoms with Crippen LogP contribution in [0.2, 0.25) is 0 Å². The molecule has 0 fully saturated rings. The molecule has 0 amide bonds. The summed E-state index contributed by atoms with van der Waals surface area (Å²) in [5.41, 5.74) is 16.5. The first-order chi connectivity index (χ1) is 26.6. The Kier molecular flexibility index (Phi) is 6.84. The van der Waals surface area contributed by atoms with Crippen molar-refractivity contribution < 1.29 is 0 Å². The van der Waals surface area contributed by atoms with E-state index < -0.39 is 0 Å². The molecule has 54 heavy (non-hydrogen) atoms. The van der Waals surface area contributed by atoms with Crippen LogP contribution in [0.3, 0.4) is 0 Å². The molecule has 2 heterocycles. The molecule has 0 aliphatic heterocycles. The molecule has 1 aliphatic rings. The van der Waals surface area contributed by atoms with Gasteiger partial charge in [-0.15, -0.1) is 0 Å². The Balaban J connectivity index is 0.942. The minimum absolute atomic E-state index is 1.07. The second-order valence-electron chi connectivity index (χ2n) is 14.9. The SMILES string of the molecule is Cc1c2ccc(-c3ccc(-n4c5ccccc5c5ccccc54)cc3)cc2c(C)c2ccc(-c3ccc(-n4c5c(c6ccccc64)C=CCC5)cc3)cc12. The third-order valence-corrected chi connectivity index (χ3v) is 12.0. The largest absolute Gasteiger partial charge is 0.313 e. The number of fused-ring (bicyclic) bond motifs is 8. The van der Waals surface area contributed by atoms with E-state index in [1.165, 1.54) is 110 Å². The van der Waals surface area contributed by atoms with E-state index in [0.29, 0.717) is 0 Å². The second-order valence-corrected chi connectivity index (χ2v) is 14.9. The zero-order valence-corrected chi connectivity index (χ0v) is 30.5. The topological polar surface area (TPSA) is 9.86 Å². The van der Waals surface area contributed by atoms with Crippen molar-refractivity contribution in [3.05, 3.63) is 186 Å². The van der Waals surface area contributed by atoms with Crippen LogP contribution in [0, 0.1) is 13.8 Å². The molecule has 256 valence electrons. The molecule has 2 heteroatoms. The van der Waals surface area contributed by atoms with Crippen molar-refractivity contribution >= 4 is 60.3 Å². The molecule has 10 aromatic rings. The van der Waals surface area contributed by atoms with Crippen molar-refractivity contribution in [2.24, 2.45) is 0 Å². The number of aryl methyl sites for hydroxylation is 2. The van der Waals surface area contributed by atoms with Gasteiger partial charge in [0.1, 0.15) is 0 Å². The number of nitrogens with zero attached hydrogens (tertiary/aromatic N) is 2. The van der Waals surface area contributed by atoms with Crippen LogP contribution in [0.5, 0.6) is 0 Å². The summed E-state index contributed by atoms with van der Waals surface area (Å²) in [6.07, 6.45) is 6.77. The number of benzene rings is 8. The van der Waals surface area contributed by atoms with Crippen LogP contribution in [0.15, 0.2) is 164 Å². The van der Waals surface area contributed by atoms with E-state index >= 15 is 0 Å². The molecule has 0 saturated carbocycles. The van der Waals surface area contributed by atoms with E-state index in [4.69, 9.17) is 0 Å². The third-order valence-electron chi connectivity index (χ3n) is 12.0. The minimum atomic E-state index is 1.07. The fourth-order valence-electron chi connectivity index (χ4n) is 9.29. The average molecular weight is 691 g/mol. The first kappa shape index (κ1) is 30.9. The molecule has 0 atom stereocenters. The highest BCUT2D eigenvalue weighted by Crippen LogP contribution is 2.39. The number of hydrogen-bond acceptors (Lipinski definition) is 0. The summed E-state index contributed by atoms with van der Waals surface area (Å²) in [7, 11) is 0. The van der Waals surface area contributed by atoms with Gasteiger partial charge in [-0.3, -0.25) is 0 Å². The van der Waals surface area contributed by atoms with Gasteiger partial charge < -0.3 is 9.13 Å². The summed E-state index contributed by atoms with van der Waals surface area (Å²) in [6, 6.07) is 58.4. The molecule has 0 radical (unpaired) electrons. The highest BCUT2D eigenvalue weighted by atomic mass is 15.0. The molecule has 0 N–H and O–H groups in total. The molecule has 0 bridgehead atoms. The third kappa shape index (κ3) is 4.60. The average Bonchev–Trinajstić information content (AvgIpc) is 3.76. The van der Waals surface area contributed by atoms with Crippen molar-refractivity contribution in [3.63, 3.8) is 0 Å². The highest BCUT2D eigenvalue weighted by molar-refractivity contribution is 6.10. The van der Waals surface area contributed by atoms with Crippen LogP contribution in [0.1, 0.15) is 28.8 Å². The van der Waals surface area contributed by atoms with Gasteiger partial charge in [0.25, 0.3) is 0 Å². The zero-order chi connectivity index (χ0) is 35.9. The van der Waals surface area contributed by atoms with Crippen molar-refractivity contribution in [1.82, 2.24) is 9.13 Å². The summed E-state index contributed by atoms with van der Waals surface area (Å²) in [4.78, 5) is 0. The quantitative estimate of drug-likeness (QED) is 0.163. The van der Waals surface area contributed by atoms with E-state index in [1.807, 2.05) is 0 Å². The van der Waals surface area contributed by atoms with E-state index in [9.17, 15) is 0 Å². The fraction of sp³-hybridized carbons (Fsp3) is 0.0769. The van der Waals surface area contributed by atoms with Crippen LogP contribution < -0.4 is 0 Å². The molecule has 8 aromatic carbocycles. The number of aromatic nitrogens is 2. The summed E-state index contributed by atoms with van der Waals surface area (Å²) >= 11 is 0. The minimum Gasteiger partial charge on any atom is -0.313 e.